The van der Waals surface area contributed by atoms with Crippen molar-refractivity contribution >= 4 is 40.3 Å². The van der Waals surface area contributed by atoms with Crippen molar-refractivity contribution in [2.75, 3.05) is 39.7 Å². The van der Waals surface area contributed by atoms with Gasteiger partial charge in [0.25, 0.3) is 0 Å². The van der Waals surface area contributed by atoms with Crippen molar-refractivity contribution in [3.63, 3.8) is 0 Å². The van der Waals surface area contributed by atoms with Gasteiger partial charge in [-0.1, -0.05) is 23.4 Å². The molecule has 24 heavy (non-hydrogen) atoms. The molecule has 0 aliphatic carbocycles. The molecule has 0 aliphatic rings. The third kappa shape index (κ3) is 5.37. The van der Waals surface area contributed by atoms with E-state index in [0.29, 0.717) is 37.1 Å². The largest absolute Gasteiger partial charge is 0.385 e. The molecule has 2 rings (SSSR count). The first-order valence-electron chi connectivity index (χ1n) is 7.69. The zero-order valence-corrected chi connectivity index (χ0v) is 15.5. The fraction of sp³-hybridized carbons (Fsp3) is 0.500. The number of halogens is 1. The first kappa shape index (κ1) is 19.1. The molecule has 0 saturated heterocycles. The number of nitrogens with zero attached hydrogens (tertiary/aromatic N) is 2. The molecule has 8 heteroatoms. The molecule has 1 N–H and O–H groups in total. The Kier molecular flexibility index (Phi) is 7.84. The molecule has 1 amide bonds. The van der Waals surface area contributed by atoms with E-state index in [-0.39, 0.29) is 5.91 Å². The summed E-state index contributed by atoms with van der Waals surface area (Å²) in [5, 5.41) is 4.30. The first-order valence-corrected chi connectivity index (χ1v) is 9.05. The standard InChI is InChI=1S/C16H22ClN3O3S/c1-22-8-3-6-18-15(21)11-24-16-19-13-10-12(17)4-5-14(13)20(16)7-9-23-2/h4-5,10H,3,6-9,11H2,1-2H3,(H,18,21). The highest BCUT2D eigenvalue weighted by Crippen LogP contribution is 2.26. The lowest BCUT2D eigenvalue weighted by Crippen LogP contribution is -2.27. The van der Waals surface area contributed by atoms with Crippen LogP contribution < -0.4 is 5.32 Å². The van der Waals surface area contributed by atoms with Crippen molar-refractivity contribution in [2.45, 2.75) is 18.1 Å². The third-order valence-corrected chi connectivity index (χ3v) is 4.59. The van der Waals surface area contributed by atoms with E-state index in [2.05, 4.69) is 14.9 Å². The molecule has 132 valence electrons. The summed E-state index contributed by atoms with van der Waals surface area (Å²) in [6.45, 7) is 2.50. The second-order valence-corrected chi connectivity index (χ2v) is 6.54. The second-order valence-electron chi connectivity index (χ2n) is 5.16. The van der Waals surface area contributed by atoms with Crippen LogP contribution in [0.15, 0.2) is 23.4 Å². The molecule has 0 spiro atoms. The van der Waals surface area contributed by atoms with Gasteiger partial charge in [-0.2, -0.15) is 0 Å². The lowest BCUT2D eigenvalue weighted by molar-refractivity contribution is -0.118. The molecule has 0 saturated carbocycles. The van der Waals surface area contributed by atoms with E-state index in [1.807, 2.05) is 18.2 Å². The van der Waals surface area contributed by atoms with E-state index < -0.39 is 0 Å². The maximum Gasteiger partial charge on any atom is 0.230 e. The number of aromatic nitrogens is 2. The van der Waals surface area contributed by atoms with Crippen LogP contribution in [0.1, 0.15) is 6.42 Å². The average Bonchev–Trinajstić information content (AvgIpc) is 2.91. The highest BCUT2D eigenvalue weighted by atomic mass is 35.5. The van der Waals surface area contributed by atoms with Gasteiger partial charge in [-0.25, -0.2) is 4.98 Å². The lowest BCUT2D eigenvalue weighted by Gasteiger charge is -2.08. The number of ether oxygens (including phenoxy) is 2. The Hall–Kier alpha value is -1.28. The predicted molar refractivity (Wildman–Crippen MR) is 96.8 cm³/mol. The number of carbonyl (C=O) groups excluding carboxylic acids is 1. The van der Waals surface area contributed by atoms with Crippen molar-refractivity contribution in [2.24, 2.45) is 0 Å². The van der Waals surface area contributed by atoms with E-state index in [1.54, 1.807) is 14.2 Å². The van der Waals surface area contributed by atoms with E-state index in [9.17, 15) is 4.79 Å². The molecular formula is C16H22ClN3O3S. The van der Waals surface area contributed by atoms with Crippen LogP contribution >= 0.6 is 23.4 Å². The van der Waals surface area contributed by atoms with Crippen molar-refractivity contribution < 1.29 is 14.3 Å². The molecule has 0 bridgehead atoms. The quantitative estimate of drug-likeness (QED) is 0.513. The molecular weight excluding hydrogens is 350 g/mol. The molecule has 6 nitrogen and oxygen atoms in total. The molecule has 0 fully saturated rings. The van der Waals surface area contributed by atoms with Gasteiger partial charge in [0.15, 0.2) is 5.16 Å². The van der Waals surface area contributed by atoms with Crippen LogP contribution in [-0.4, -0.2) is 55.2 Å². The topological polar surface area (TPSA) is 65.4 Å². The number of imidazole rings is 1. The maximum atomic E-state index is 11.9. The fourth-order valence-corrected chi connectivity index (χ4v) is 3.25. The number of carbonyl (C=O) groups is 1. The van der Waals surface area contributed by atoms with Gasteiger partial charge in [0.05, 0.1) is 23.4 Å². The minimum Gasteiger partial charge on any atom is -0.385 e. The summed E-state index contributed by atoms with van der Waals surface area (Å²) in [7, 11) is 3.31. The zero-order chi connectivity index (χ0) is 17.4. The van der Waals surface area contributed by atoms with Gasteiger partial charge in [0.1, 0.15) is 0 Å². The summed E-state index contributed by atoms with van der Waals surface area (Å²) in [6.07, 6.45) is 0.803. The Labute approximate surface area is 150 Å². The lowest BCUT2D eigenvalue weighted by atomic mass is 10.3. The van der Waals surface area contributed by atoms with Crippen LogP contribution in [0.5, 0.6) is 0 Å². The van der Waals surface area contributed by atoms with Gasteiger partial charge >= 0.3 is 0 Å². The third-order valence-electron chi connectivity index (χ3n) is 3.37. The van der Waals surface area contributed by atoms with Gasteiger partial charge in [-0.05, 0) is 24.6 Å². The summed E-state index contributed by atoms with van der Waals surface area (Å²) in [4.78, 5) is 16.5. The molecule has 0 unspecified atom stereocenters. The Morgan fingerprint density at radius 2 is 2.12 bits per heavy atom. The van der Waals surface area contributed by atoms with Crippen molar-refractivity contribution in [3.05, 3.63) is 23.2 Å². The molecule has 0 aliphatic heterocycles. The second kappa shape index (κ2) is 9.88. The number of hydrogen-bond donors (Lipinski definition) is 1. The average molecular weight is 372 g/mol. The highest BCUT2D eigenvalue weighted by Gasteiger charge is 2.13. The summed E-state index contributed by atoms with van der Waals surface area (Å²) >= 11 is 7.45. The Morgan fingerprint density at radius 1 is 1.33 bits per heavy atom. The smallest absolute Gasteiger partial charge is 0.230 e. The van der Waals surface area contributed by atoms with Crippen LogP contribution in [0, 0.1) is 0 Å². The monoisotopic (exact) mass is 371 g/mol. The van der Waals surface area contributed by atoms with Crippen LogP contribution in [-0.2, 0) is 20.8 Å². The molecule has 0 atom stereocenters. The maximum absolute atomic E-state index is 11.9. The van der Waals surface area contributed by atoms with Crippen molar-refractivity contribution in [3.8, 4) is 0 Å². The zero-order valence-electron chi connectivity index (χ0n) is 13.9. The minimum absolute atomic E-state index is 0.0144. The number of nitrogens with one attached hydrogen (secondary N) is 1. The molecule has 1 aromatic carbocycles. The van der Waals surface area contributed by atoms with Crippen molar-refractivity contribution in [1.29, 1.82) is 0 Å². The molecule has 1 aromatic heterocycles. The van der Waals surface area contributed by atoms with Gasteiger partial charge < -0.3 is 19.4 Å². The summed E-state index contributed by atoms with van der Waals surface area (Å²) in [5.74, 6) is 0.302. The van der Waals surface area contributed by atoms with Crippen LogP contribution in [0.3, 0.4) is 0 Å². The number of benzene rings is 1. The molecule has 2 aromatic rings. The van der Waals surface area contributed by atoms with Gasteiger partial charge in [0.2, 0.25) is 5.91 Å². The number of methoxy groups -OCH3 is 2. The Bertz CT molecular complexity index is 678. The molecule has 0 radical (unpaired) electrons. The number of thioether (sulfide) groups is 1. The number of amides is 1. The predicted octanol–water partition coefficient (Wildman–Crippen LogP) is 2.58. The minimum atomic E-state index is -0.0144. The van der Waals surface area contributed by atoms with E-state index in [0.717, 1.165) is 22.6 Å². The van der Waals surface area contributed by atoms with Crippen LogP contribution in [0.2, 0.25) is 5.02 Å². The Balaban J connectivity index is 2.02. The summed E-state index contributed by atoms with van der Waals surface area (Å²) < 4.78 is 12.2. The van der Waals surface area contributed by atoms with E-state index >= 15 is 0 Å². The summed E-state index contributed by atoms with van der Waals surface area (Å²) in [5.41, 5.74) is 1.81. The van der Waals surface area contributed by atoms with Gasteiger partial charge in [-0.3, -0.25) is 4.79 Å². The van der Waals surface area contributed by atoms with E-state index in [4.69, 9.17) is 21.1 Å². The summed E-state index contributed by atoms with van der Waals surface area (Å²) in [6, 6.07) is 5.61. The highest BCUT2D eigenvalue weighted by molar-refractivity contribution is 7.99. The normalized spacial score (nSPS) is 11.1. The van der Waals surface area contributed by atoms with Crippen molar-refractivity contribution in [1.82, 2.24) is 14.9 Å². The number of rotatable bonds is 10. The SMILES string of the molecule is COCCCNC(=O)CSc1nc2cc(Cl)ccc2n1CCOC. The number of hydrogen-bond acceptors (Lipinski definition) is 5. The first-order chi connectivity index (χ1) is 11.7. The van der Waals surface area contributed by atoms with Crippen LogP contribution in [0.25, 0.3) is 11.0 Å². The van der Waals surface area contributed by atoms with E-state index in [1.165, 1.54) is 11.8 Å². The van der Waals surface area contributed by atoms with Gasteiger partial charge in [-0.15, -0.1) is 0 Å². The van der Waals surface area contributed by atoms with Gasteiger partial charge in [0, 0.05) is 38.9 Å². The molecule has 1 heterocycles. The Morgan fingerprint density at radius 3 is 2.88 bits per heavy atom. The number of fused-ring (bicyclic) bond motifs is 1. The fourth-order valence-electron chi connectivity index (χ4n) is 2.22. The van der Waals surface area contributed by atoms with Crippen LogP contribution in [0.4, 0.5) is 0 Å².